The minimum atomic E-state index is -1.95. The van der Waals surface area contributed by atoms with Crippen molar-refractivity contribution in [3.05, 3.63) is 29.8 Å². The van der Waals surface area contributed by atoms with Gasteiger partial charge >= 0.3 is 12.1 Å². The number of nitrogens with one attached hydrogen (secondary N) is 1. The molecule has 118 valence electrons. The lowest BCUT2D eigenvalue weighted by Gasteiger charge is -2.29. The number of ether oxygens (including phenoxy) is 2. The number of rotatable bonds is 4. The van der Waals surface area contributed by atoms with Crippen LogP contribution in [0.1, 0.15) is 31.1 Å². The molecule has 1 aromatic carbocycles. The SMILES string of the molecule is CC(C)COC(=O)NOC1(C)C(=O)Oc2ccccc2C1=O. The Labute approximate surface area is 127 Å². The van der Waals surface area contributed by atoms with Crippen molar-refractivity contribution in [1.82, 2.24) is 5.48 Å². The normalized spacial score (nSPS) is 20.4. The van der Waals surface area contributed by atoms with Crippen molar-refractivity contribution in [3.8, 4) is 5.75 Å². The molecule has 0 saturated carbocycles. The van der Waals surface area contributed by atoms with Gasteiger partial charge in [-0.2, -0.15) is 5.48 Å². The second-order valence-electron chi connectivity index (χ2n) is 5.44. The number of amides is 1. The quantitative estimate of drug-likeness (QED) is 0.395. The molecule has 1 amide bonds. The summed E-state index contributed by atoms with van der Waals surface area (Å²) in [7, 11) is 0. The molecule has 7 nitrogen and oxygen atoms in total. The molecule has 1 aliphatic heterocycles. The molecule has 0 fully saturated rings. The Bertz CT molecular complexity index is 612. The maximum Gasteiger partial charge on any atom is 0.431 e. The molecular weight excluding hydrogens is 290 g/mol. The summed E-state index contributed by atoms with van der Waals surface area (Å²) < 4.78 is 9.91. The van der Waals surface area contributed by atoms with Gasteiger partial charge in [0.2, 0.25) is 5.78 Å². The van der Waals surface area contributed by atoms with Gasteiger partial charge in [-0.3, -0.25) is 4.79 Å². The van der Waals surface area contributed by atoms with Crippen LogP contribution in [0.2, 0.25) is 0 Å². The van der Waals surface area contributed by atoms with Crippen molar-refractivity contribution in [1.29, 1.82) is 0 Å². The van der Waals surface area contributed by atoms with E-state index in [2.05, 4.69) is 0 Å². The Hall–Kier alpha value is -2.41. The van der Waals surface area contributed by atoms with Crippen LogP contribution >= 0.6 is 0 Å². The van der Waals surface area contributed by atoms with E-state index in [1.165, 1.54) is 19.1 Å². The summed E-state index contributed by atoms with van der Waals surface area (Å²) in [4.78, 5) is 40.9. The van der Waals surface area contributed by atoms with Gasteiger partial charge in [-0.15, -0.1) is 0 Å². The smallest absolute Gasteiger partial charge is 0.431 e. The third kappa shape index (κ3) is 3.09. The van der Waals surface area contributed by atoms with Gasteiger partial charge in [-0.25, -0.2) is 14.4 Å². The van der Waals surface area contributed by atoms with Gasteiger partial charge in [0.05, 0.1) is 12.2 Å². The summed E-state index contributed by atoms with van der Waals surface area (Å²) in [5.74, 6) is -1.18. The minimum absolute atomic E-state index is 0.148. The third-order valence-electron chi connectivity index (χ3n) is 3.04. The van der Waals surface area contributed by atoms with Crippen LogP contribution in [0, 0.1) is 5.92 Å². The molecule has 1 N–H and O–H groups in total. The first-order valence-corrected chi connectivity index (χ1v) is 6.81. The summed E-state index contributed by atoms with van der Waals surface area (Å²) in [6.07, 6.45) is -0.880. The highest BCUT2D eigenvalue weighted by Gasteiger charge is 2.50. The van der Waals surface area contributed by atoms with Gasteiger partial charge in [-0.05, 0) is 25.0 Å². The zero-order valence-electron chi connectivity index (χ0n) is 12.5. The van der Waals surface area contributed by atoms with Crippen LogP contribution < -0.4 is 10.2 Å². The molecule has 0 saturated heterocycles. The van der Waals surface area contributed by atoms with E-state index in [1.54, 1.807) is 12.1 Å². The number of hydrogen-bond acceptors (Lipinski definition) is 6. The molecule has 1 aromatic rings. The van der Waals surface area contributed by atoms with E-state index >= 15 is 0 Å². The van der Waals surface area contributed by atoms with E-state index in [4.69, 9.17) is 14.3 Å². The van der Waals surface area contributed by atoms with Gasteiger partial charge in [-0.1, -0.05) is 26.0 Å². The maximum atomic E-state index is 12.4. The molecule has 22 heavy (non-hydrogen) atoms. The highest BCUT2D eigenvalue weighted by atomic mass is 16.7. The molecule has 1 aliphatic rings. The number of hydrogen-bond donors (Lipinski definition) is 1. The van der Waals surface area contributed by atoms with Crippen LogP contribution in [0.25, 0.3) is 0 Å². The Morgan fingerprint density at radius 1 is 1.32 bits per heavy atom. The van der Waals surface area contributed by atoms with Crippen molar-refractivity contribution in [2.24, 2.45) is 5.92 Å². The van der Waals surface area contributed by atoms with E-state index in [0.29, 0.717) is 0 Å². The highest BCUT2D eigenvalue weighted by Crippen LogP contribution is 2.31. The highest BCUT2D eigenvalue weighted by molar-refractivity contribution is 6.19. The summed E-state index contributed by atoms with van der Waals surface area (Å²) in [6, 6.07) is 6.31. The van der Waals surface area contributed by atoms with Crippen molar-refractivity contribution in [2.45, 2.75) is 26.4 Å². The van der Waals surface area contributed by atoms with Gasteiger partial charge in [0.1, 0.15) is 5.75 Å². The summed E-state index contributed by atoms with van der Waals surface area (Å²) in [6.45, 7) is 5.16. The Kier molecular flexibility index (Phi) is 4.46. The lowest BCUT2D eigenvalue weighted by molar-refractivity contribution is -0.161. The fourth-order valence-electron chi connectivity index (χ4n) is 1.79. The van der Waals surface area contributed by atoms with Crippen molar-refractivity contribution < 1.29 is 28.7 Å². The molecule has 1 atom stereocenters. The number of carbonyl (C=O) groups is 3. The van der Waals surface area contributed by atoms with Gasteiger partial charge in [0.25, 0.3) is 5.60 Å². The number of para-hydroxylation sites is 1. The third-order valence-corrected chi connectivity index (χ3v) is 3.04. The lowest BCUT2D eigenvalue weighted by atomic mass is 9.92. The van der Waals surface area contributed by atoms with E-state index in [1.807, 2.05) is 19.3 Å². The number of hydroxylamine groups is 1. The van der Waals surface area contributed by atoms with Crippen LogP contribution in [0.5, 0.6) is 5.75 Å². The predicted octanol–water partition coefficient (Wildman–Crippen LogP) is 1.86. The zero-order valence-corrected chi connectivity index (χ0v) is 12.5. The molecule has 1 unspecified atom stereocenters. The Balaban J connectivity index is 2.08. The minimum Gasteiger partial charge on any atom is -0.448 e. The van der Waals surface area contributed by atoms with Crippen molar-refractivity contribution >= 4 is 17.8 Å². The molecule has 2 rings (SSSR count). The first-order valence-electron chi connectivity index (χ1n) is 6.81. The number of ketones is 1. The molecule has 0 bridgehead atoms. The molecule has 0 aliphatic carbocycles. The number of benzene rings is 1. The first-order chi connectivity index (χ1) is 10.3. The number of esters is 1. The maximum absolute atomic E-state index is 12.4. The second-order valence-corrected chi connectivity index (χ2v) is 5.44. The van der Waals surface area contributed by atoms with Crippen LogP contribution in [0.15, 0.2) is 24.3 Å². The zero-order chi connectivity index (χ0) is 16.3. The molecule has 0 aromatic heterocycles. The molecule has 1 heterocycles. The fraction of sp³-hybridized carbons (Fsp3) is 0.400. The molecular formula is C15H17NO6. The summed E-state index contributed by atoms with van der Waals surface area (Å²) in [5.41, 5.74) is 0.214. The predicted molar refractivity (Wildman–Crippen MR) is 75.2 cm³/mol. The van der Waals surface area contributed by atoms with Gasteiger partial charge in [0.15, 0.2) is 0 Å². The average Bonchev–Trinajstić information content (AvgIpc) is 2.49. The largest absolute Gasteiger partial charge is 0.448 e. The number of fused-ring (bicyclic) bond motifs is 1. The van der Waals surface area contributed by atoms with Crippen LogP contribution in [-0.2, 0) is 14.4 Å². The number of Topliss-reactive ketones (excluding diaryl/α,β-unsaturated/α-hetero) is 1. The lowest BCUT2D eigenvalue weighted by Crippen LogP contribution is -2.55. The van der Waals surface area contributed by atoms with E-state index in [9.17, 15) is 14.4 Å². The molecule has 0 spiro atoms. The number of carbonyl (C=O) groups excluding carboxylic acids is 3. The summed E-state index contributed by atoms with van der Waals surface area (Å²) >= 11 is 0. The topological polar surface area (TPSA) is 90.9 Å². The average molecular weight is 307 g/mol. The first kappa shape index (κ1) is 16.0. The second kappa shape index (κ2) is 6.15. The standard InChI is InChI=1S/C15H17NO6/c1-9(2)8-20-14(19)16-22-15(3)12(17)10-6-4-5-7-11(10)21-13(15)18/h4-7,9H,8H2,1-3H3,(H,16,19). The van der Waals surface area contributed by atoms with E-state index in [-0.39, 0.29) is 23.8 Å². The molecule has 7 heteroatoms. The fourth-order valence-corrected chi connectivity index (χ4v) is 1.79. The van der Waals surface area contributed by atoms with Gasteiger partial charge in [0, 0.05) is 0 Å². The van der Waals surface area contributed by atoms with Crippen molar-refractivity contribution in [3.63, 3.8) is 0 Å². The van der Waals surface area contributed by atoms with E-state index < -0.39 is 23.4 Å². The molecule has 0 radical (unpaired) electrons. The van der Waals surface area contributed by atoms with Crippen LogP contribution in [-0.4, -0.2) is 30.1 Å². The van der Waals surface area contributed by atoms with Gasteiger partial charge < -0.3 is 9.47 Å². The summed E-state index contributed by atoms with van der Waals surface area (Å²) in [5, 5.41) is 0. The monoisotopic (exact) mass is 307 g/mol. The Morgan fingerprint density at radius 2 is 2.00 bits per heavy atom. The van der Waals surface area contributed by atoms with Crippen LogP contribution in [0.3, 0.4) is 0 Å². The van der Waals surface area contributed by atoms with E-state index in [0.717, 1.165) is 0 Å². The van der Waals surface area contributed by atoms with Crippen LogP contribution in [0.4, 0.5) is 4.79 Å². The van der Waals surface area contributed by atoms with Crippen molar-refractivity contribution in [2.75, 3.05) is 6.61 Å². The Morgan fingerprint density at radius 3 is 2.68 bits per heavy atom.